The number of amides is 1. The molecule has 3 aromatic rings. The van der Waals surface area contributed by atoms with Gasteiger partial charge in [-0.05, 0) is 53.2 Å². The number of morpholine rings is 1. The lowest BCUT2D eigenvalue weighted by atomic mass is 9.87. The number of halogens is 1. The van der Waals surface area contributed by atoms with Crippen molar-refractivity contribution in [3.63, 3.8) is 0 Å². The summed E-state index contributed by atoms with van der Waals surface area (Å²) in [5.41, 5.74) is 2.02. The summed E-state index contributed by atoms with van der Waals surface area (Å²) < 4.78 is 37.8. The molecule has 0 spiro atoms. The number of fused-ring (bicyclic) bond motifs is 1. The Kier molecular flexibility index (Phi) is 10.7. The third-order valence-corrected chi connectivity index (χ3v) is 10.0. The Labute approximate surface area is 255 Å². The van der Waals surface area contributed by atoms with Crippen molar-refractivity contribution in [3.05, 3.63) is 77.6 Å². The monoisotopic (exact) mass is 608 g/mol. The molecule has 0 aliphatic carbocycles. The minimum atomic E-state index is -1.31. The molecule has 2 fully saturated rings. The van der Waals surface area contributed by atoms with E-state index in [0.717, 1.165) is 66.5 Å². The minimum absolute atomic E-state index is 0.0383. The minimum Gasteiger partial charge on any atom is -0.492 e. The Morgan fingerprint density at radius 3 is 2.53 bits per heavy atom. The average Bonchev–Trinajstić information content (AvgIpc) is 3.00. The van der Waals surface area contributed by atoms with Crippen LogP contribution in [0, 0.1) is 5.82 Å². The highest BCUT2D eigenvalue weighted by Gasteiger charge is 2.34. The van der Waals surface area contributed by atoms with E-state index < -0.39 is 8.07 Å². The van der Waals surface area contributed by atoms with Gasteiger partial charge in [-0.3, -0.25) is 4.90 Å². The second-order valence-electron chi connectivity index (χ2n) is 12.8. The number of carbonyl (C=O) groups is 1. The number of rotatable bonds is 11. The molecule has 0 aromatic heterocycles. The summed E-state index contributed by atoms with van der Waals surface area (Å²) in [4.78, 5) is 17.1. The fraction of sp³-hybridized carbons (Fsp3) is 0.500. The van der Waals surface area contributed by atoms with E-state index in [4.69, 9.17) is 18.9 Å². The van der Waals surface area contributed by atoms with E-state index in [1.165, 1.54) is 12.1 Å². The maximum atomic E-state index is 13.7. The van der Waals surface area contributed by atoms with Crippen molar-refractivity contribution in [2.45, 2.75) is 50.7 Å². The molecule has 0 saturated carbocycles. The summed E-state index contributed by atoms with van der Waals surface area (Å²) in [5, 5.41) is 2.17. The molecule has 0 N–H and O–H groups in total. The van der Waals surface area contributed by atoms with Crippen LogP contribution in [0.3, 0.4) is 0 Å². The molecular weight excluding hydrogens is 563 g/mol. The first-order valence-corrected chi connectivity index (χ1v) is 19.2. The zero-order chi connectivity index (χ0) is 30.2. The van der Waals surface area contributed by atoms with E-state index in [1.54, 1.807) is 4.90 Å². The molecule has 9 heteroatoms. The summed E-state index contributed by atoms with van der Waals surface area (Å²) in [7, 11) is -1.31. The number of benzene rings is 3. The largest absolute Gasteiger partial charge is 0.492 e. The summed E-state index contributed by atoms with van der Waals surface area (Å²) in [6.07, 6.45) is 0.166. The van der Waals surface area contributed by atoms with Gasteiger partial charge < -0.3 is 23.8 Å². The van der Waals surface area contributed by atoms with Crippen LogP contribution in [0.4, 0.5) is 9.18 Å². The fourth-order valence-corrected chi connectivity index (χ4v) is 6.44. The van der Waals surface area contributed by atoms with Gasteiger partial charge in [0.1, 0.15) is 18.2 Å². The van der Waals surface area contributed by atoms with E-state index in [9.17, 15) is 9.18 Å². The first kappa shape index (κ1) is 31.4. The van der Waals surface area contributed by atoms with Crippen molar-refractivity contribution in [3.8, 4) is 5.75 Å². The molecule has 2 unspecified atom stereocenters. The molecule has 2 aliphatic rings. The molecule has 2 saturated heterocycles. The van der Waals surface area contributed by atoms with Gasteiger partial charge >= 0.3 is 6.09 Å². The zero-order valence-electron chi connectivity index (χ0n) is 25.7. The highest BCUT2D eigenvalue weighted by molar-refractivity contribution is 6.76. The molecule has 1 amide bonds. The van der Waals surface area contributed by atoms with Gasteiger partial charge in [0.2, 0.25) is 0 Å². The molecular formula is C34H45FN2O5Si. The van der Waals surface area contributed by atoms with Crippen LogP contribution in [0.15, 0.2) is 60.7 Å². The maximum Gasteiger partial charge on any atom is 0.409 e. The van der Waals surface area contributed by atoms with Crippen LogP contribution in [0.1, 0.15) is 23.5 Å². The van der Waals surface area contributed by atoms with Crippen molar-refractivity contribution in [2.75, 3.05) is 59.2 Å². The predicted molar refractivity (Wildman–Crippen MR) is 170 cm³/mol. The van der Waals surface area contributed by atoms with Gasteiger partial charge in [0.15, 0.2) is 0 Å². The Morgan fingerprint density at radius 2 is 1.77 bits per heavy atom. The number of carbonyl (C=O) groups excluding carboxylic acids is 1. The molecule has 0 radical (unpaired) electrons. The van der Waals surface area contributed by atoms with Crippen molar-refractivity contribution >= 4 is 24.9 Å². The Balaban J connectivity index is 1.28. The van der Waals surface area contributed by atoms with Crippen molar-refractivity contribution in [2.24, 2.45) is 0 Å². The van der Waals surface area contributed by atoms with E-state index in [0.29, 0.717) is 39.3 Å². The first-order valence-electron chi connectivity index (χ1n) is 15.5. The van der Waals surface area contributed by atoms with Gasteiger partial charge in [-0.1, -0.05) is 56.0 Å². The standard InChI is InChI=1S/C34H45FN2O5Si/c1-43(2,3)21-20-41-34(38)37-13-12-31(27-8-10-29(35)11-9-27)33(24-37)42-25-26-22-28-6-4-5-7-30(28)32(23-26)40-19-16-36-14-17-39-18-15-36/h4-11,22-23,31,33H,12-21,24-25H2,1-3H3. The topological polar surface area (TPSA) is 60.5 Å². The molecule has 2 aliphatic heterocycles. The highest BCUT2D eigenvalue weighted by Crippen LogP contribution is 2.33. The number of likely N-dealkylation sites (tertiary alicyclic amines) is 1. The summed E-state index contributed by atoms with van der Waals surface area (Å²) in [6, 6.07) is 20.0. The SMILES string of the molecule is C[Si](C)(C)CCOC(=O)N1CCC(c2ccc(F)cc2)C(OCc2cc(OCCN3CCOCC3)c3ccccc3c2)C1. The second kappa shape index (κ2) is 14.7. The molecule has 2 heterocycles. The van der Waals surface area contributed by atoms with Gasteiger partial charge in [-0.25, -0.2) is 9.18 Å². The van der Waals surface area contributed by atoms with Crippen LogP contribution in [0.5, 0.6) is 5.75 Å². The molecule has 43 heavy (non-hydrogen) atoms. The van der Waals surface area contributed by atoms with Crippen LogP contribution in [-0.2, 0) is 20.8 Å². The van der Waals surface area contributed by atoms with Gasteiger partial charge in [0.05, 0.1) is 39.1 Å². The number of hydrogen-bond donors (Lipinski definition) is 0. The number of hydrogen-bond acceptors (Lipinski definition) is 6. The summed E-state index contributed by atoms with van der Waals surface area (Å²) in [5.74, 6) is 0.620. The molecule has 7 nitrogen and oxygen atoms in total. The molecule has 5 rings (SSSR count). The first-order chi connectivity index (χ1) is 20.7. The van der Waals surface area contributed by atoms with Crippen LogP contribution in [0.25, 0.3) is 10.8 Å². The quantitative estimate of drug-likeness (QED) is 0.231. The molecule has 232 valence electrons. The van der Waals surface area contributed by atoms with Crippen molar-refractivity contribution in [1.82, 2.24) is 9.80 Å². The van der Waals surface area contributed by atoms with Gasteiger partial charge in [0.25, 0.3) is 0 Å². The zero-order valence-corrected chi connectivity index (χ0v) is 26.7. The Bertz CT molecular complexity index is 1340. The molecule has 0 bridgehead atoms. The lowest BCUT2D eigenvalue weighted by Gasteiger charge is -2.38. The van der Waals surface area contributed by atoms with Crippen molar-refractivity contribution < 1.29 is 28.1 Å². The second-order valence-corrected chi connectivity index (χ2v) is 18.4. The smallest absolute Gasteiger partial charge is 0.409 e. The molecule has 2 atom stereocenters. The van der Waals surface area contributed by atoms with Crippen LogP contribution < -0.4 is 4.74 Å². The lowest BCUT2D eigenvalue weighted by molar-refractivity contribution is -0.0234. The third kappa shape index (κ3) is 9.01. The normalized spacial score (nSPS) is 19.9. The summed E-state index contributed by atoms with van der Waals surface area (Å²) >= 11 is 0. The van der Waals surface area contributed by atoms with Gasteiger partial charge in [-0.2, -0.15) is 0 Å². The van der Waals surface area contributed by atoms with Crippen molar-refractivity contribution in [1.29, 1.82) is 0 Å². The highest BCUT2D eigenvalue weighted by atomic mass is 28.3. The maximum absolute atomic E-state index is 13.7. The van der Waals surface area contributed by atoms with Crippen LogP contribution >= 0.6 is 0 Å². The fourth-order valence-electron chi connectivity index (χ4n) is 5.73. The van der Waals surface area contributed by atoms with E-state index in [2.05, 4.69) is 48.8 Å². The number of piperidine rings is 1. The number of ether oxygens (including phenoxy) is 4. The average molecular weight is 609 g/mol. The van der Waals surface area contributed by atoms with E-state index in [-0.39, 0.29) is 23.9 Å². The van der Waals surface area contributed by atoms with E-state index in [1.807, 2.05) is 24.3 Å². The van der Waals surface area contributed by atoms with Crippen LogP contribution in [0.2, 0.25) is 25.7 Å². The third-order valence-electron chi connectivity index (χ3n) is 8.31. The van der Waals surface area contributed by atoms with Crippen LogP contribution in [-0.4, -0.2) is 89.2 Å². The van der Waals surface area contributed by atoms with Gasteiger partial charge in [0, 0.05) is 45.6 Å². The Morgan fingerprint density at radius 1 is 1.00 bits per heavy atom. The Hall–Kier alpha value is -2.98. The van der Waals surface area contributed by atoms with E-state index >= 15 is 0 Å². The lowest BCUT2D eigenvalue weighted by Crippen LogP contribution is -2.47. The summed E-state index contributed by atoms with van der Waals surface area (Å²) in [6.45, 7) is 13.5. The van der Waals surface area contributed by atoms with Gasteiger partial charge in [-0.15, -0.1) is 0 Å². The molecule has 3 aromatic carbocycles. The number of nitrogens with zero attached hydrogens (tertiary/aromatic N) is 2. The predicted octanol–water partition coefficient (Wildman–Crippen LogP) is 6.54.